The molecule has 0 bridgehead atoms. The summed E-state index contributed by atoms with van der Waals surface area (Å²) in [6.07, 6.45) is 2.62. The number of amides is 1. The van der Waals surface area contributed by atoms with E-state index in [-0.39, 0.29) is 17.9 Å². The van der Waals surface area contributed by atoms with E-state index in [0.29, 0.717) is 10.6 Å². The molecule has 0 spiro atoms. The Kier molecular flexibility index (Phi) is 6.53. The number of phenolic OH excluding ortho intramolecular Hbond substituents is 1. The molecule has 0 radical (unpaired) electrons. The van der Waals surface area contributed by atoms with Crippen molar-refractivity contribution >= 4 is 34.2 Å². The molecule has 7 nitrogen and oxygen atoms in total. The number of fused-ring (bicyclic) bond motifs is 1. The van der Waals surface area contributed by atoms with Crippen molar-refractivity contribution in [3.63, 3.8) is 0 Å². The summed E-state index contributed by atoms with van der Waals surface area (Å²) in [7, 11) is 0. The van der Waals surface area contributed by atoms with E-state index in [4.69, 9.17) is 9.47 Å². The fraction of sp³-hybridized carbons (Fsp3) is 0.381. The number of hydrogen-bond acceptors (Lipinski definition) is 7. The van der Waals surface area contributed by atoms with Crippen LogP contribution in [0.4, 0.5) is 5.00 Å². The van der Waals surface area contributed by atoms with Crippen molar-refractivity contribution in [2.75, 3.05) is 11.9 Å². The Hall–Kier alpha value is -2.87. The summed E-state index contributed by atoms with van der Waals surface area (Å²) in [4.78, 5) is 38.3. The zero-order chi connectivity index (χ0) is 21.0. The first-order chi connectivity index (χ1) is 13.9. The van der Waals surface area contributed by atoms with Gasteiger partial charge in [0.1, 0.15) is 10.8 Å². The van der Waals surface area contributed by atoms with Crippen molar-refractivity contribution in [2.24, 2.45) is 0 Å². The highest BCUT2D eigenvalue weighted by Crippen LogP contribution is 2.38. The van der Waals surface area contributed by atoms with Gasteiger partial charge in [-0.05, 0) is 69.4 Å². The predicted molar refractivity (Wildman–Crippen MR) is 109 cm³/mol. The summed E-state index contributed by atoms with van der Waals surface area (Å²) in [6, 6.07) is 5.55. The van der Waals surface area contributed by atoms with Crippen LogP contribution in [0, 0.1) is 0 Å². The van der Waals surface area contributed by atoms with Crippen molar-refractivity contribution in [2.45, 2.75) is 45.6 Å². The first kappa shape index (κ1) is 20.9. The van der Waals surface area contributed by atoms with Crippen LogP contribution < -0.4 is 5.32 Å². The molecular weight excluding hydrogens is 394 g/mol. The second-order valence-corrected chi connectivity index (χ2v) is 7.82. The second-order valence-electron chi connectivity index (χ2n) is 6.72. The van der Waals surface area contributed by atoms with Crippen LogP contribution in [-0.2, 0) is 27.1 Å². The molecule has 0 fully saturated rings. The molecule has 29 heavy (non-hydrogen) atoms. The Bertz CT molecular complexity index is 918. The zero-order valence-electron chi connectivity index (χ0n) is 16.3. The number of aryl methyl sites for hydroxylation is 1. The number of carbonyl (C=O) groups excluding carboxylic acids is 3. The molecule has 2 N–H and O–H groups in total. The molecule has 1 heterocycles. The summed E-state index contributed by atoms with van der Waals surface area (Å²) < 4.78 is 10.4. The number of benzene rings is 1. The van der Waals surface area contributed by atoms with E-state index in [9.17, 15) is 19.5 Å². The summed E-state index contributed by atoms with van der Waals surface area (Å²) in [5.41, 5.74) is 1.59. The van der Waals surface area contributed by atoms with Gasteiger partial charge in [0.15, 0.2) is 6.10 Å². The fourth-order valence-electron chi connectivity index (χ4n) is 3.17. The Morgan fingerprint density at radius 1 is 1.14 bits per heavy atom. The van der Waals surface area contributed by atoms with Crippen LogP contribution in [0.1, 0.15) is 57.8 Å². The van der Waals surface area contributed by atoms with Gasteiger partial charge in [0.2, 0.25) is 0 Å². The molecule has 1 aliphatic rings. The highest BCUT2D eigenvalue weighted by Gasteiger charge is 2.29. The van der Waals surface area contributed by atoms with Crippen molar-refractivity contribution in [1.29, 1.82) is 0 Å². The molecule has 3 rings (SSSR count). The molecule has 1 aromatic carbocycles. The molecule has 0 saturated heterocycles. The van der Waals surface area contributed by atoms with E-state index in [1.54, 1.807) is 6.92 Å². The van der Waals surface area contributed by atoms with Gasteiger partial charge in [0.25, 0.3) is 5.91 Å². The molecule has 1 aliphatic carbocycles. The number of hydrogen-bond donors (Lipinski definition) is 2. The first-order valence-electron chi connectivity index (χ1n) is 9.53. The number of phenols is 1. The number of rotatable bonds is 6. The highest BCUT2D eigenvalue weighted by atomic mass is 32.1. The number of aromatic hydroxyl groups is 1. The van der Waals surface area contributed by atoms with Crippen LogP contribution in [-0.4, -0.2) is 35.7 Å². The number of esters is 2. The Balaban J connectivity index is 1.74. The van der Waals surface area contributed by atoms with Crippen molar-refractivity contribution < 1.29 is 29.0 Å². The minimum absolute atomic E-state index is 0.0282. The number of anilines is 1. The Morgan fingerprint density at radius 2 is 1.83 bits per heavy atom. The van der Waals surface area contributed by atoms with Gasteiger partial charge in [0.05, 0.1) is 17.7 Å². The third kappa shape index (κ3) is 4.76. The maximum Gasteiger partial charge on any atom is 0.341 e. The van der Waals surface area contributed by atoms with Gasteiger partial charge in [-0.1, -0.05) is 0 Å². The second kappa shape index (κ2) is 9.09. The Labute approximate surface area is 172 Å². The minimum Gasteiger partial charge on any atom is -0.508 e. The van der Waals surface area contributed by atoms with Crippen LogP contribution in [0.2, 0.25) is 0 Å². The van der Waals surface area contributed by atoms with E-state index in [0.717, 1.165) is 36.1 Å². The van der Waals surface area contributed by atoms with Gasteiger partial charge in [-0.15, -0.1) is 11.3 Å². The largest absolute Gasteiger partial charge is 0.508 e. The molecule has 1 atom stereocenters. The third-order valence-corrected chi connectivity index (χ3v) is 5.85. The molecule has 0 aliphatic heterocycles. The van der Waals surface area contributed by atoms with Crippen molar-refractivity contribution in [3.05, 3.63) is 45.8 Å². The monoisotopic (exact) mass is 417 g/mol. The Morgan fingerprint density at radius 3 is 2.52 bits per heavy atom. The van der Waals surface area contributed by atoms with E-state index in [2.05, 4.69) is 5.32 Å². The van der Waals surface area contributed by atoms with Gasteiger partial charge in [0, 0.05) is 4.88 Å². The average molecular weight is 417 g/mol. The van der Waals surface area contributed by atoms with E-state index < -0.39 is 23.9 Å². The minimum atomic E-state index is -1.06. The normalized spacial score (nSPS) is 13.9. The van der Waals surface area contributed by atoms with E-state index in [1.807, 2.05) is 0 Å². The van der Waals surface area contributed by atoms with Crippen LogP contribution in [0.5, 0.6) is 5.75 Å². The number of nitrogens with one attached hydrogen (secondary N) is 1. The van der Waals surface area contributed by atoms with Crippen LogP contribution in [0.15, 0.2) is 24.3 Å². The molecular formula is C21H23NO6S. The lowest BCUT2D eigenvalue weighted by atomic mass is 9.95. The summed E-state index contributed by atoms with van der Waals surface area (Å²) in [5.74, 6) is -1.62. The SMILES string of the molecule is CCOC(=O)c1c(NC(=O)[C@@H](C)OC(=O)c2ccc(O)cc2)sc2c1CCCC2. The summed E-state index contributed by atoms with van der Waals surface area (Å²) in [5, 5.41) is 12.5. The standard InChI is InChI=1S/C21H23NO6S/c1-3-27-21(26)17-15-6-4-5-7-16(15)29-19(17)22-18(24)12(2)28-20(25)13-8-10-14(23)11-9-13/h8-12,23H,3-7H2,1-2H3,(H,22,24)/t12-/m1/s1. The van der Waals surface area contributed by atoms with Gasteiger partial charge in [-0.25, -0.2) is 9.59 Å². The van der Waals surface area contributed by atoms with Gasteiger partial charge in [-0.2, -0.15) is 0 Å². The van der Waals surface area contributed by atoms with Crippen LogP contribution >= 0.6 is 11.3 Å². The zero-order valence-corrected chi connectivity index (χ0v) is 17.1. The van der Waals surface area contributed by atoms with E-state index >= 15 is 0 Å². The molecule has 1 aromatic heterocycles. The quantitative estimate of drug-likeness (QED) is 0.695. The summed E-state index contributed by atoms with van der Waals surface area (Å²) in [6.45, 7) is 3.45. The smallest absolute Gasteiger partial charge is 0.341 e. The molecule has 0 unspecified atom stereocenters. The lowest BCUT2D eigenvalue weighted by Crippen LogP contribution is -2.30. The van der Waals surface area contributed by atoms with Gasteiger partial charge < -0.3 is 19.9 Å². The molecule has 2 aromatic rings. The van der Waals surface area contributed by atoms with E-state index in [1.165, 1.54) is 42.5 Å². The predicted octanol–water partition coefficient (Wildman–Crippen LogP) is 3.69. The molecule has 1 amide bonds. The van der Waals surface area contributed by atoms with Crippen LogP contribution in [0.25, 0.3) is 0 Å². The fourth-order valence-corrected chi connectivity index (χ4v) is 4.45. The number of ether oxygens (including phenoxy) is 2. The van der Waals surface area contributed by atoms with Gasteiger partial charge in [-0.3, -0.25) is 4.79 Å². The lowest BCUT2D eigenvalue weighted by Gasteiger charge is -2.14. The first-order valence-corrected chi connectivity index (χ1v) is 10.3. The maximum atomic E-state index is 12.6. The highest BCUT2D eigenvalue weighted by molar-refractivity contribution is 7.17. The molecule has 0 saturated carbocycles. The van der Waals surface area contributed by atoms with Crippen LogP contribution in [0.3, 0.4) is 0 Å². The van der Waals surface area contributed by atoms with Crippen molar-refractivity contribution in [1.82, 2.24) is 0 Å². The molecule has 154 valence electrons. The molecule has 8 heteroatoms. The summed E-state index contributed by atoms with van der Waals surface area (Å²) >= 11 is 1.38. The average Bonchev–Trinajstić information content (AvgIpc) is 3.06. The topological polar surface area (TPSA) is 102 Å². The maximum absolute atomic E-state index is 12.6. The number of carbonyl (C=O) groups is 3. The lowest BCUT2D eigenvalue weighted by molar-refractivity contribution is -0.123. The third-order valence-electron chi connectivity index (χ3n) is 4.64. The van der Waals surface area contributed by atoms with Crippen molar-refractivity contribution in [3.8, 4) is 5.75 Å². The van der Waals surface area contributed by atoms with Gasteiger partial charge >= 0.3 is 11.9 Å². The number of thiophene rings is 1.